The smallest absolute Gasteiger partial charge is 0.309 e. The highest BCUT2D eigenvalue weighted by atomic mass is 32.1. The Morgan fingerprint density at radius 2 is 1.71 bits per heavy atom. The molecule has 0 spiro atoms. The van der Waals surface area contributed by atoms with Crippen molar-refractivity contribution in [3.8, 4) is 11.1 Å². The molecule has 0 saturated carbocycles. The fourth-order valence-corrected chi connectivity index (χ4v) is 4.77. The summed E-state index contributed by atoms with van der Waals surface area (Å²) in [7, 11) is -3.13. The molecule has 1 heterocycles. The average Bonchev–Trinajstić information content (AvgIpc) is 2.88. The molecular weight excluding hydrogens is 310 g/mol. The van der Waals surface area contributed by atoms with E-state index in [-0.39, 0.29) is 12.0 Å². The van der Waals surface area contributed by atoms with E-state index in [9.17, 15) is 8.96 Å². The van der Waals surface area contributed by atoms with Gasteiger partial charge in [0.25, 0.3) is 0 Å². The van der Waals surface area contributed by atoms with Crippen LogP contribution >= 0.6 is 18.9 Å². The average molecular weight is 328 g/mol. The molecule has 6 heteroatoms. The monoisotopic (exact) mass is 328 g/mol. The molecule has 0 N–H and O–H groups in total. The van der Waals surface area contributed by atoms with Crippen molar-refractivity contribution in [3.63, 3.8) is 0 Å². The zero-order valence-electron chi connectivity index (χ0n) is 12.0. The van der Waals surface area contributed by atoms with Crippen molar-refractivity contribution in [2.45, 2.75) is 20.0 Å². The zero-order chi connectivity index (χ0) is 15.3. The molecule has 0 aliphatic carbocycles. The predicted molar refractivity (Wildman–Crippen MR) is 84.3 cm³/mol. The van der Waals surface area contributed by atoms with Gasteiger partial charge in [0.15, 0.2) is 0 Å². The summed E-state index contributed by atoms with van der Waals surface area (Å²) >= 11 is 1.52. The van der Waals surface area contributed by atoms with Gasteiger partial charge in [0.1, 0.15) is 5.82 Å². The van der Waals surface area contributed by atoms with Crippen LogP contribution in [0.5, 0.6) is 0 Å². The Labute approximate surface area is 128 Å². The first-order valence-electron chi connectivity index (χ1n) is 6.77. The van der Waals surface area contributed by atoms with Gasteiger partial charge in [-0.25, -0.2) is 4.39 Å². The fraction of sp³-hybridized carbons (Fsp3) is 0.333. The van der Waals surface area contributed by atoms with E-state index in [1.54, 1.807) is 26.0 Å². The second-order valence-corrected chi connectivity index (χ2v) is 7.22. The normalized spacial score (nSPS) is 11.8. The van der Waals surface area contributed by atoms with Crippen LogP contribution in [-0.2, 0) is 19.8 Å². The lowest BCUT2D eigenvalue weighted by Gasteiger charge is -2.17. The minimum Gasteiger partial charge on any atom is -0.309 e. The van der Waals surface area contributed by atoms with Crippen LogP contribution in [0.25, 0.3) is 11.1 Å². The SMILES string of the molecule is CCOP(=O)(Cc1cscc1-c1ccc(F)cc1)OCC. The molecular formula is C15H18FO3PS. The van der Waals surface area contributed by atoms with E-state index in [0.29, 0.717) is 13.2 Å². The number of halogens is 1. The van der Waals surface area contributed by atoms with Crippen molar-refractivity contribution in [2.75, 3.05) is 13.2 Å². The lowest BCUT2D eigenvalue weighted by Crippen LogP contribution is -1.99. The molecule has 114 valence electrons. The lowest BCUT2D eigenvalue weighted by molar-refractivity contribution is 0.219. The third-order valence-corrected chi connectivity index (χ3v) is 5.74. The van der Waals surface area contributed by atoms with Gasteiger partial charge in [-0.15, -0.1) is 0 Å². The molecule has 0 atom stereocenters. The standard InChI is InChI=1S/C15H18FO3PS/c1-3-18-20(17,19-4-2)9-13-10-21-11-15(13)12-5-7-14(16)8-6-12/h5-8,10-11H,3-4,9H2,1-2H3. The molecule has 2 aromatic rings. The van der Waals surface area contributed by atoms with Gasteiger partial charge < -0.3 is 9.05 Å². The van der Waals surface area contributed by atoms with Crippen LogP contribution in [0.3, 0.4) is 0 Å². The number of thiophene rings is 1. The number of rotatable bonds is 7. The summed E-state index contributed by atoms with van der Waals surface area (Å²) in [4.78, 5) is 0. The van der Waals surface area contributed by atoms with E-state index in [4.69, 9.17) is 9.05 Å². The molecule has 2 rings (SSSR count). The molecule has 0 amide bonds. The summed E-state index contributed by atoms with van der Waals surface area (Å²) in [5.41, 5.74) is 2.74. The summed E-state index contributed by atoms with van der Waals surface area (Å²) in [5, 5.41) is 3.90. The van der Waals surface area contributed by atoms with Crippen molar-refractivity contribution < 1.29 is 18.0 Å². The first kappa shape index (κ1) is 16.4. The first-order valence-corrected chi connectivity index (χ1v) is 9.44. The second kappa shape index (κ2) is 7.32. The van der Waals surface area contributed by atoms with Crippen LogP contribution < -0.4 is 0 Å². The van der Waals surface area contributed by atoms with Crippen molar-refractivity contribution in [3.05, 3.63) is 46.4 Å². The van der Waals surface area contributed by atoms with Crippen molar-refractivity contribution in [1.82, 2.24) is 0 Å². The minimum absolute atomic E-state index is 0.227. The fourth-order valence-electron chi connectivity index (χ4n) is 2.06. The summed E-state index contributed by atoms with van der Waals surface area (Å²) in [6, 6.07) is 6.27. The molecule has 0 radical (unpaired) electrons. The Morgan fingerprint density at radius 3 is 2.29 bits per heavy atom. The van der Waals surface area contributed by atoms with Crippen LogP contribution in [0.15, 0.2) is 35.0 Å². The third-order valence-electron chi connectivity index (χ3n) is 2.91. The van der Waals surface area contributed by atoms with Gasteiger partial charge in [-0.05, 0) is 53.4 Å². The molecule has 21 heavy (non-hydrogen) atoms. The van der Waals surface area contributed by atoms with E-state index in [2.05, 4.69) is 0 Å². The van der Waals surface area contributed by atoms with Crippen LogP contribution in [0, 0.1) is 5.82 Å². The molecule has 0 bridgehead atoms. The van der Waals surface area contributed by atoms with Gasteiger partial charge in [-0.2, -0.15) is 11.3 Å². The Balaban J connectivity index is 2.27. The third kappa shape index (κ3) is 4.24. The van der Waals surface area contributed by atoms with Gasteiger partial charge >= 0.3 is 7.60 Å². The summed E-state index contributed by atoms with van der Waals surface area (Å²) < 4.78 is 36.3. The molecule has 0 aliphatic rings. The number of hydrogen-bond donors (Lipinski definition) is 0. The highest BCUT2D eigenvalue weighted by Gasteiger charge is 2.26. The van der Waals surface area contributed by atoms with Gasteiger partial charge in [0, 0.05) is 0 Å². The van der Waals surface area contributed by atoms with Crippen molar-refractivity contribution in [1.29, 1.82) is 0 Å². The largest absolute Gasteiger partial charge is 0.335 e. The van der Waals surface area contributed by atoms with E-state index in [1.807, 2.05) is 10.8 Å². The highest BCUT2D eigenvalue weighted by Crippen LogP contribution is 2.52. The first-order chi connectivity index (χ1) is 10.1. The van der Waals surface area contributed by atoms with Crippen LogP contribution in [0.1, 0.15) is 19.4 Å². The van der Waals surface area contributed by atoms with E-state index in [0.717, 1.165) is 16.7 Å². The van der Waals surface area contributed by atoms with E-state index < -0.39 is 7.60 Å². The maximum absolute atomic E-state index is 13.0. The molecule has 0 saturated heterocycles. The van der Waals surface area contributed by atoms with Crippen LogP contribution in [0.4, 0.5) is 4.39 Å². The predicted octanol–water partition coefficient (Wildman–Crippen LogP) is 5.32. The van der Waals surface area contributed by atoms with Crippen LogP contribution in [0.2, 0.25) is 0 Å². The highest BCUT2D eigenvalue weighted by molar-refractivity contribution is 7.53. The minimum atomic E-state index is -3.13. The quantitative estimate of drug-likeness (QED) is 0.645. The van der Waals surface area contributed by atoms with Gasteiger partial charge in [-0.3, -0.25) is 4.57 Å². The molecule has 0 fully saturated rings. The number of benzene rings is 1. The lowest BCUT2D eigenvalue weighted by atomic mass is 10.1. The molecule has 0 unspecified atom stereocenters. The molecule has 3 nitrogen and oxygen atoms in total. The van der Waals surface area contributed by atoms with Gasteiger partial charge in [0.05, 0.1) is 19.4 Å². The molecule has 0 aliphatic heterocycles. The number of hydrogen-bond acceptors (Lipinski definition) is 4. The van der Waals surface area contributed by atoms with Gasteiger partial charge in [0.2, 0.25) is 0 Å². The van der Waals surface area contributed by atoms with Crippen molar-refractivity contribution in [2.24, 2.45) is 0 Å². The molecule has 1 aromatic carbocycles. The van der Waals surface area contributed by atoms with Crippen molar-refractivity contribution >= 4 is 18.9 Å². The Morgan fingerprint density at radius 1 is 1.10 bits per heavy atom. The van der Waals surface area contributed by atoms with E-state index in [1.165, 1.54) is 23.5 Å². The summed E-state index contributed by atoms with van der Waals surface area (Å²) in [6.07, 6.45) is 0.227. The van der Waals surface area contributed by atoms with Gasteiger partial charge in [-0.1, -0.05) is 12.1 Å². The maximum atomic E-state index is 13.0. The second-order valence-electron chi connectivity index (χ2n) is 4.42. The molecule has 1 aromatic heterocycles. The Hall–Kier alpha value is -1.00. The van der Waals surface area contributed by atoms with E-state index >= 15 is 0 Å². The Bertz CT molecular complexity index is 614. The Kier molecular flexibility index (Phi) is 5.71. The maximum Gasteiger partial charge on any atom is 0.335 e. The topological polar surface area (TPSA) is 35.5 Å². The zero-order valence-corrected chi connectivity index (χ0v) is 13.8. The summed E-state index contributed by atoms with van der Waals surface area (Å²) in [5.74, 6) is -0.273. The van der Waals surface area contributed by atoms with Crippen LogP contribution in [-0.4, -0.2) is 13.2 Å². The summed E-state index contributed by atoms with van der Waals surface area (Å²) in [6.45, 7) is 4.26.